The lowest BCUT2D eigenvalue weighted by atomic mass is 10.1. The van der Waals surface area contributed by atoms with Crippen LogP contribution in [0.1, 0.15) is 23.5 Å². The van der Waals surface area contributed by atoms with Crippen molar-refractivity contribution in [3.05, 3.63) is 52.2 Å². The molecule has 1 N–H and O–H groups in total. The molecule has 3 heteroatoms. The molecule has 0 aliphatic carbocycles. The van der Waals surface area contributed by atoms with E-state index in [9.17, 15) is 5.11 Å². The van der Waals surface area contributed by atoms with Crippen LogP contribution in [0.25, 0.3) is 0 Å². The lowest BCUT2D eigenvalue weighted by Gasteiger charge is -2.07. The largest absolute Gasteiger partial charge is 0.488 e. The van der Waals surface area contributed by atoms with Gasteiger partial charge in [0.1, 0.15) is 12.4 Å². The summed E-state index contributed by atoms with van der Waals surface area (Å²) in [4.78, 5) is 1.21. The third-order valence-electron chi connectivity index (χ3n) is 2.32. The molecule has 0 bridgehead atoms. The molecule has 16 heavy (non-hydrogen) atoms. The summed E-state index contributed by atoms with van der Waals surface area (Å²) in [6.07, 6.45) is -0.425. The van der Waals surface area contributed by atoms with Crippen molar-refractivity contribution in [2.45, 2.75) is 19.6 Å². The number of aliphatic hydroxyl groups is 1. The van der Waals surface area contributed by atoms with Gasteiger partial charge in [-0.2, -0.15) is 0 Å². The normalized spacial score (nSPS) is 12.4. The highest BCUT2D eigenvalue weighted by atomic mass is 32.1. The molecule has 0 fully saturated rings. The monoisotopic (exact) mass is 234 g/mol. The Hall–Kier alpha value is -1.32. The highest BCUT2D eigenvalue weighted by Crippen LogP contribution is 2.19. The molecule has 1 aromatic heterocycles. The number of benzene rings is 1. The molecule has 2 nitrogen and oxygen atoms in total. The van der Waals surface area contributed by atoms with Crippen LogP contribution in [0.5, 0.6) is 5.75 Å². The van der Waals surface area contributed by atoms with E-state index in [0.29, 0.717) is 6.61 Å². The molecule has 0 aliphatic rings. The van der Waals surface area contributed by atoms with Crippen LogP contribution in [0.3, 0.4) is 0 Å². The Morgan fingerprint density at radius 1 is 1.25 bits per heavy atom. The maximum absolute atomic E-state index is 9.36. The minimum atomic E-state index is -0.425. The van der Waals surface area contributed by atoms with Gasteiger partial charge in [-0.3, -0.25) is 0 Å². The minimum Gasteiger partial charge on any atom is -0.488 e. The van der Waals surface area contributed by atoms with Crippen LogP contribution in [-0.2, 0) is 6.61 Å². The van der Waals surface area contributed by atoms with Crippen molar-refractivity contribution in [1.29, 1.82) is 0 Å². The van der Waals surface area contributed by atoms with Crippen LogP contribution in [0.4, 0.5) is 0 Å². The third kappa shape index (κ3) is 2.84. The van der Waals surface area contributed by atoms with Crippen molar-refractivity contribution in [1.82, 2.24) is 0 Å². The predicted octanol–water partition coefficient (Wildman–Crippen LogP) is 3.38. The molecule has 2 aromatic rings. The van der Waals surface area contributed by atoms with E-state index >= 15 is 0 Å². The number of ether oxygens (including phenoxy) is 1. The molecule has 0 amide bonds. The molecule has 1 aromatic carbocycles. The SMILES string of the molecule is CC(O)c1ccc(OCc2cccs2)cc1. The van der Waals surface area contributed by atoms with Crippen LogP contribution in [0, 0.1) is 0 Å². The number of rotatable bonds is 4. The highest BCUT2D eigenvalue weighted by Gasteiger charge is 2.01. The zero-order valence-corrected chi connectivity index (χ0v) is 9.91. The maximum Gasteiger partial charge on any atom is 0.122 e. The molecular weight excluding hydrogens is 220 g/mol. The van der Waals surface area contributed by atoms with Gasteiger partial charge in [0.05, 0.1) is 6.10 Å². The molecule has 1 heterocycles. The van der Waals surface area contributed by atoms with Crippen molar-refractivity contribution < 1.29 is 9.84 Å². The van der Waals surface area contributed by atoms with Gasteiger partial charge in [-0.25, -0.2) is 0 Å². The van der Waals surface area contributed by atoms with E-state index in [1.54, 1.807) is 18.3 Å². The molecule has 1 unspecified atom stereocenters. The standard InChI is InChI=1S/C13H14O2S/c1-10(14)11-4-6-12(7-5-11)15-9-13-3-2-8-16-13/h2-8,10,14H,9H2,1H3. The number of aliphatic hydroxyl groups excluding tert-OH is 1. The van der Waals surface area contributed by atoms with Crippen molar-refractivity contribution in [2.75, 3.05) is 0 Å². The topological polar surface area (TPSA) is 29.5 Å². The number of hydrogen-bond donors (Lipinski definition) is 1. The smallest absolute Gasteiger partial charge is 0.122 e. The summed E-state index contributed by atoms with van der Waals surface area (Å²) in [7, 11) is 0. The molecule has 0 radical (unpaired) electrons. The summed E-state index contributed by atoms with van der Waals surface area (Å²) in [5.74, 6) is 0.831. The molecule has 0 saturated heterocycles. The first-order valence-electron chi connectivity index (χ1n) is 5.19. The lowest BCUT2D eigenvalue weighted by Crippen LogP contribution is -1.94. The van der Waals surface area contributed by atoms with E-state index in [2.05, 4.69) is 6.07 Å². The van der Waals surface area contributed by atoms with E-state index in [1.165, 1.54) is 4.88 Å². The zero-order chi connectivity index (χ0) is 11.4. The average Bonchev–Trinajstić information content (AvgIpc) is 2.80. The van der Waals surface area contributed by atoms with E-state index in [4.69, 9.17) is 4.74 Å². The van der Waals surface area contributed by atoms with Gasteiger partial charge in [0.15, 0.2) is 0 Å². The Balaban J connectivity index is 1.95. The fourth-order valence-electron chi connectivity index (χ4n) is 1.39. The Morgan fingerprint density at radius 2 is 2.00 bits per heavy atom. The highest BCUT2D eigenvalue weighted by molar-refractivity contribution is 7.09. The summed E-state index contributed by atoms with van der Waals surface area (Å²) in [5.41, 5.74) is 0.906. The van der Waals surface area contributed by atoms with Crippen LogP contribution in [-0.4, -0.2) is 5.11 Å². The maximum atomic E-state index is 9.36. The average molecular weight is 234 g/mol. The number of thiophene rings is 1. The van der Waals surface area contributed by atoms with Crippen LogP contribution in [0.15, 0.2) is 41.8 Å². The van der Waals surface area contributed by atoms with Gasteiger partial charge in [0.25, 0.3) is 0 Å². The van der Waals surface area contributed by atoms with Crippen LogP contribution < -0.4 is 4.74 Å². The minimum absolute atomic E-state index is 0.425. The van der Waals surface area contributed by atoms with Crippen LogP contribution >= 0.6 is 11.3 Å². The van der Waals surface area contributed by atoms with E-state index < -0.39 is 6.10 Å². The molecule has 0 spiro atoms. The molecule has 1 atom stereocenters. The van der Waals surface area contributed by atoms with E-state index in [-0.39, 0.29) is 0 Å². The summed E-state index contributed by atoms with van der Waals surface area (Å²) in [5, 5.41) is 11.4. The Labute approximate surface area is 99.1 Å². The van der Waals surface area contributed by atoms with Crippen molar-refractivity contribution in [3.8, 4) is 5.75 Å². The Kier molecular flexibility index (Phi) is 3.59. The second-order valence-electron chi connectivity index (χ2n) is 3.61. The second-order valence-corrected chi connectivity index (χ2v) is 4.65. The molecule has 2 rings (SSSR count). The van der Waals surface area contributed by atoms with Crippen molar-refractivity contribution >= 4 is 11.3 Å². The van der Waals surface area contributed by atoms with Gasteiger partial charge in [0.2, 0.25) is 0 Å². The first-order chi connectivity index (χ1) is 7.75. The van der Waals surface area contributed by atoms with E-state index in [1.807, 2.05) is 35.7 Å². The predicted molar refractivity (Wildman–Crippen MR) is 65.7 cm³/mol. The Morgan fingerprint density at radius 3 is 2.56 bits per heavy atom. The Bertz CT molecular complexity index is 418. The second kappa shape index (κ2) is 5.14. The fourth-order valence-corrected chi connectivity index (χ4v) is 2.01. The number of hydrogen-bond acceptors (Lipinski definition) is 3. The van der Waals surface area contributed by atoms with Gasteiger partial charge in [-0.05, 0) is 36.1 Å². The van der Waals surface area contributed by atoms with Crippen LogP contribution in [0.2, 0.25) is 0 Å². The van der Waals surface area contributed by atoms with E-state index in [0.717, 1.165) is 11.3 Å². The van der Waals surface area contributed by atoms with Gasteiger partial charge >= 0.3 is 0 Å². The van der Waals surface area contributed by atoms with Gasteiger partial charge in [-0.15, -0.1) is 11.3 Å². The molecular formula is C13H14O2S. The zero-order valence-electron chi connectivity index (χ0n) is 9.09. The third-order valence-corrected chi connectivity index (χ3v) is 3.17. The van der Waals surface area contributed by atoms with Crippen molar-refractivity contribution in [3.63, 3.8) is 0 Å². The molecule has 84 valence electrons. The summed E-state index contributed by atoms with van der Waals surface area (Å²) in [6, 6.07) is 11.6. The summed E-state index contributed by atoms with van der Waals surface area (Å²) < 4.78 is 5.61. The first kappa shape index (κ1) is 11.2. The van der Waals surface area contributed by atoms with Crippen molar-refractivity contribution in [2.24, 2.45) is 0 Å². The van der Waals surface area contributed by atoms with Gasteiger partial charge in [-0.1, -0.05) is 18.2 Å². The molecule has 0 saturated carbocycles. The lowest BCUT2D eigenvalue weighted by molar-refractivity contribution is 0.199. The summed E-state index contributed by atoms with van der Waals surface area (Å²) >= 11 is 1.69. The molecule has 0 aliphatic heterocycles. The fraction of sp³-hybridized carbons (Fsp3) is 0.231. The van der Waals surface area contributed by atoms with Gasteiger partial charge < -0.3 is 9.84 Å². The van der Waals surface area contributed by atoms with Gasteiger partial charge in [0, 0.05) is 4.88 Å². The summed E-state index contributed by atoms with van der Waals surface area (Å²) in [6.45, 7) is 2.35. The quantitative estimate of drug-likeness (QED) is 0.878. The first-order valence-corrected chi connectivity index (χ1v) is 6.07.